The van der Waals surface area contributed by atoms with Crippen LogP contribution >= 0.6 is 0 Å². The molecule has 3 rings (SSSR count). The largest absolute Gasteiger partial charge is 0.398 e. The molecule has 104 valence electrons. The second-order valence-electron chi connectivity index (χ2n) is 5.90. The molecule has 1 aliphatic carbocycles. The SMILES string of the molecule is Nc1cccc2c1S(=O)(=O)CC1(CCCCC1)CN2. The summed E-state index contributed by atoms with van der Waals surface area (Å²) < 4.78 is 25.3. The molecule has 2 aliphatic rings. The number of fused-ring (bicyclic) bond motifs is 1. The van der Waals surface area contributed by atoms with Gasteiger partial charge in [-0.1, -0.05) is 25.3 Å². The van der Waals surface area contributed by atoms with Crippen molar-refractivity contribution >= 4 is 21.2 Å². The van der Waals surface area contributed by atoms with Crippen LogP contribution in [0.1, 0.15) is 32.1 Å². The molecule has 4 nitrogen and oxygen atoms in total. The number of hydrogen-bond donors (Lipinski definition) is 2. The molecule has 5 heteroatoms. The summed E-state index contributed by atoms with van der Waals surface area (Å²) in [6, 6.07) is 5.28. The van der Waals surface area contributed by atoms with E-state index in [4.69, 9.17) is 5.73 Å². The molecule has 1 heterocycles. The Hall–Kier alpha value is -1.23. The minimum Gasteiger partial charge on any atom is -0.398 e. The van der Waals surface area contributed by atoms with Crippen LogP contribution in [0, 0.1) is 5.41 Å². The maximum atomic E-state index is 12.7. The third-order valence-corrected chi connectivity index (χ3v) is 6.49. The Balaban J connectivity index is 2.06. The first-order valence-electron chi connectivity index (χ1n) is 6.88. The molecular weight excluding hydrogens is 260 g/mol. The highest BCUT2D eigenvalue weighted by Gasteiger charge is 2.40. The van der Waals surface area contributed by atoms with E-state index in [0.717, 1.165) is 32.2 Å². The number of sulfone groups is 1. The zero-order chi connectivity index (χ0) is 13.5. The third kappa shape index (κ3) is 2.20. The van der Waals surface area contributed by atoms with E-state index < -0.39 is 9.84 Å². The van der Waals surface area contributed by atoms with Crippen molar-refractivity contribution in [3.63, 3.8) is 0 Å². The molecule has 0 saturated heterocycles. The van der Waals surface area contributed by atoms with Gasteiger partial charge >= 0.3 is 0 Å². The first-order chi connectivity index (χ1) is 9.03. The second kappa shape index (κ2) is 4.40. The van der Waals surface area contributed by atoms with Gasteiger partial charge in [-0.05, 0) is 25.0 Å². The molecule has 0 aromatic heterocycles. The van der Waals surface area contributed by atoms with Crippen molar-refractivity contribution in [2.45, 2.75) is 37.0 Å². The normalized spacial score (nSPS) is 24.2. The molecular formula is C14H20N2O2S. The summed E-state index contributed by atoms with van der Waals surface area (Å²) in [5.41, 5.74) is 6.80. The van der Waals surface area contributed by atoms with Crippen LogP contribution in [-0.4, -0.2) is 20.7 Å². The van der Waals surface area contributed by atoms with Crippen molar-refractivity contribution in [1.29, 1.82) is 0 Å². The average molecular weight is 280 g/mol. The van der Waals surface area contributed by atoms with Crippen molar-refractivity contribution < 1.29 is 8.42 Å². The van der Waals surface area contributed by atoms with Crippen LogP contribution in [0.5, 0.6) is 0 Å². The van der Waals surface area contributed by atoms with Crippen molar-refractivity contribution in [1.82, 2.24) is 0 Å². The van der Waals surface area contributed by atoms with Gasteiger partial charge in [-0.25, -0.2) is 8.42 Å². The van der Waals surface area contributed by atoms with Crippen LogP contribution in [0.3, 0.4) is 0 Å². The standard InChI is InChI=1S/C14H20N2O2S/c15-11-5-4-6-12-13(11)19(17,18)10-14(9-16-12)7-2-1-3-8-14/h4-6,16H,1-3,7-10,15H2. The minimum absolute atomic E-state index is 0.109. The van der Waals surface area contributed by atoms with E-state index in [9.17, 15) is 8.42 Å². The lowest BCUT2D eigenvalue weighted by molar-refractivity contribution is 0.237. The van der Waals surface area contributed by atoms with E-state index in [2.05, 4.69) is 5.32 Å². The van der Waals surface area contributed by atoms with E-state index in [1.165, 1.54) is 6.42 Å². The molecule has 1 spiro atoms. The number of nitrogens with one attached hydrogen (secondary N) is 1. The summed E-state index contributed by atoms with van der Waals surface area (Å²) in [4.78, 5) is 0.303. The molecule has 1 saturated carbocycles. The molecule has 0 bridgehead atoms. The monoisotopic (exact) mass is 280 g/mol. The smallest absolute Gasteiger partial charge is 0.183 e. The molecule has 0 radical (unpaired) electrons. The van der Waals surface area contributed by atoms with Gasteiger partial charge in [0.15, 0.2) is 9.84 Å². The number of nitrogen functional groups attached to an aromatic ring is 1. The highest BCUT2D eigenvalue weighted by Crippen LogP contribution is 2.43. The lowest BCUT2D eigenvalue weighted by Gasteiger charge is -2.35. The van der Waals surface area contributed by atoms with Gasteiger partial charge in [-0.2, -0.15) is 0 Å². The molecule has 1 aliphatic heterocycles. The van der Waals surface area contributed by atoms with E-state index in [1.807, 2.05) is 6.07 Å². The van der Waals surface area contributed by atoms with Crippen LogP contribution in [0.25, 0.3) is 0 Å². The van der Waals surface area contributed by atoms with Crippen molar-refractivity contribution in [2.75, 3.05) is 23.3 Å². The van der Waals surface area contributed by atoms with Gasteiger partial charge < -0.3 is 11.1 Å². The van der Waals surface area contributed by atoms with Gasteiger partial charge in [0.25, 0.3) is 0 Å². The fourth-order valence-electron chi connectivity index (χ4n) is 3.47. The van der Waals surface area contributed by atoms with Gasteiger partial charge in [-0.3, -0.25) is 0 Å². The highest BCUT2D eigenvalue weighted by molar-refractivity contribution is 7.91. The van der Waals surface area contributed by atoms with Crippen LogP contribution < -0.4 is 11.1 Å². The van der Waals surface area contributed by atoms with E-state index >= 15 is 0 Å². The molecule has 1 fully saturated rings. The zero-order valence-corrected chi connectivity index (χ0v) is 11.8. The Morgan fingerprint density at radius 3 is 2.63 bits per heavy atom. The molecule has 0 atom stereocenters. The van der Waals surface area contributed by atoms with Gasteiger partial charge in [-0.15, -0.1) is 0 Å². The van der Waals surface area contributed by atoms with Crippen molar-refractivity contribution in [3.05, 3.63) is 18.2 Å². The summed E-state index contributed by atoms with van der Waals surface area (Å²) >= 11 is 0. The van der Waals surface area contributed by atoms with Gasteiger partial charge in [0.1, 0.15) is 4.90 Å². The fourth-order valence-corrected chi connectivity index (χ4v) is 5.72. The maximum absolute atomic E-state index is 12.7. The Morgan fingerprint density at radius 1 is 1.16 bits per heavy atom. The number of rotatable bonds is 0. The third-order valence-electron chi connectivity index (χ3n) is 4.42. The quantitative estimate of drug-likeness (QED) is 0.716. The van der Waals surface area contributed by atoms with Gasteiger partial charge in [0.2, 0.25) is 0 Å². The van der Waals surface area contributed by atoms with E-state index in [0.29, 0.717) is 16.3 Å². The summed E-state index contributed by atoms with van der Waals surface area (Å²) in [7, 11) is -3.30. The maximum Gasteiger partial charge on any atom is 0.183 e. The fraction of sp³-hybridized carbons (Fsp3) is 0.571. The first kappa shape index (κ1) is 12.8. The Bertz CT molecular complexity index is 589. The predicted molar refractivity (Wildman–Crippen MR) is 76.9 cm³/mol. The Kier molecular flexibility index (Phi) is 2.96. The van der Waals surface area contributed by atoms with E-state index in [1.54, 1.807) is 12.1 Å². The van der Waals surface area contributed by atoms with E-state index in [-0.39, 0.29) is 11.2 Å². The molecule has 0 amide bonds. The molecule has 1 aromatic carbocycles. The number of hydrogen-bond acceptors (Lipinski definition) is 4. The summed E-state index contributed by atoms with van der Waals surface area (Å²) in [5.74, 6) is 0.230. The minimum atomic E-state index is -3.30. The first-order valence-corrected chi connectivity index (χ1v) is 8.53. The number of nitrogens with two attached hydrogens (primary N) is 1. The molecule has 1 aromatic rings. The molecule has 3 N–H and O–H groups in total. The topological polar surface area (TPSA) is 72.2 Å². The summed E-state index contributed by atoms with van der Waals surface area (Å²) in [6.07, 6.45) is 5.46. The lowest BCUT2D eigenvalue weighted by atomic mass is 9.75. The zero-order valence-electron chi connectivity index (χ0n) is 11.0. The number of anilines is 2. The Morgan fingerprint density at radius 2 is 1.89 bits per heavy atom. The summed E-state index contributed by atoms with van der Waals surface area (Å²) in [5, 5.41) is 3.32. The summed E-state index contributed by atoms with van der Waals surface area (Å²) in [6.45, 7) is 0.739. The van der Waals surface area contributed by atoms with Crippen LogP contribution in [-0.2, 0) is 9.84 Å². The lowest BCUT2D eigenvalue weighted by Crippen LogP contribution is -2.36. The van der Waals surface area contributed by atoms with Crippen LogP contribution in [0.4, 0.5) is 11.4 Å². The predicted octanol–water partition coefficient (Wildman–Crippen LogP) is 2.42. The molecule has 19 heavy (non-hydrogen) atoms. The second-order valence-corrected chi connectivity index (χ2v) is 7.82. The van der Waals surface area contributed by atoms with Crippen molar-refractivity contribution in [2.24, 2.45) is 5.41 Å². The van der Waals surface area contributed by atoms with Crippen LogP contribution in [0.15, 0.2) is 23.1 Å². The molecule has 0 unspecified atom stereocenters. The van der Waals surface area contributed by atoms with Gasteiger partial charge in [0.05, 0.1) is 17.1 Å². The highest BCUT2D eigenvalue weighted by atomic mass is 32.2. The Labute approximate surface area is 114 Å². The van der Waals surface area contributed by atoms with Crippen molar-refractivity contribution in [3.8, 4) is 0 Å². The average Bonchev–Trinajstić information content (AvgIpc) is 2.46. The van der Waals surface area contributed by atoms with Gasteiger partial charge in [0, 0.05) is 12.0 Å². The van der Waals surface area contributed by atoms with Crippen LogP contribution in [0.2, 0.25) is 0 Å². The number of benzene rings is 1.